The molecule has 18 heavy (non-hydrogen) atoms. The van der Waals surface area contributed by atoms with Gasteiger partial charge in [-0.15, -0.1) is 0 Å². The maximum atomic E-state index is 12.6. The molecule has 1 aromatic rings. The van der Waals surface area contributed by atoms with E-state index in [2.05, 4.69) is 5.43 Å². The third-order valence-corrected chi connectivity index (χ3v) is 3.32. The normalized spacial score (nSPS) is 15.5. The van der Waals surface area contributed by atoms with Crippen molar-refractivity contribution in [3.05, 3.63) is 34.9 Å². The minimum absolute atomic E-state index is 0.128. The van der Waals surface area contributed by atoms with Gasteiger partial charge in [0.15, 0.2) is 0 Å². The average molecular weight is 260 g/mol. The topological polar surface area (TPSA) is 38.0 Å². The van der Waals surface area contributed by atoms with E-state index in [0.717, 1.165) is 18.1 Å². The number of halogens is 3. The lowest BCUT2D eigenvalue weighted by Gasteiger charge is -2.24. The molecule has 2 unspecified atom stereocenters. The Bertz CT molecular complexity index is 402. The summed E-state index contributed by atoms with van der Waals surface area (Å²) in [6.45, 7) is 5.72. The van der Waals surface area contributed by atoms with E-state index in [1.54, 1.807) is 6.92 Å². The average Bonchev–Trinajstić information content (AvgIpc) is 2.30. The summed E-state index contributed by atoms with van der Waals surface area (Å²) in [6.07, 6.45) is -3.40. The molecule has 0 amide bonds. The molecule has 0 heterocycles. The van der Waals surface area contributed by atoms with Crippen LogP contribution in [0, 0.1) is 12.8 Å². The van der Waals surface area contributed by atoms with E-state index < -0.39 is 11.7 Å². The monoisotopic (exact) mass is 260 g/mol. The van der Waals surface area contributed by atoms with Gasteiger partial charge < -0.3 is 0 Å². The zero-order valence-electron chi connectivity index (χ0n) is 10.8. The number of aryl methyl sites for hydroxylation is 1. The van der Waals surface area contributed by atoms with Crippen LogP contribution in [-0.4, -0.2) is 0 Å². The number of alkyl halides is 3. The van der Waals surface area contributed by atoms with Crippen LogP contribution in [0.1, 0.15) is 43.0 Å². The van der Waals surface area contributed by atoms with Crippen LogP contribution in [0.3, 0.4) is 0 Å². The molecule has 0 saturated heterocycles. The quantitative estimate of drug-likeness (QED) is 0.641. The second-order valence-corrected chi connectivity index (χ2v) is 4.60. The first kappa shape index (κ1) is 15.0. The van der Waals surface area contributed by atoms with Gasteiger partial charge in [-0.3, -0.25) is 11.3 Å². The van der Waals surface area contributed by atoms with Crippen LogP contribution in [-0.2, 0) is 6.18 Å². The second-order valence-electron chi connectivity index (χ2n) is 4.60. The molecule has 0 saturated carbocycles. The molecule has 1 rings (SSSR count). The molecular weight excluding hydrogens is 241 g/mol. The lowest BCUT2D eigenvalue weighted by atomic mass is 9.89. The fourth-order valence-corrected chi connectivity index (χ4v) is 2.00. The van der Waals surface area contributed by atoms with Gasteiger partial charge in [0.1, 0.15) is 0 Å². The van der Waals surface area contributed by atoms with Crippen molar-refractivity contribution in [1.82, 2.24) is 5.43 Å². The van der Waals surface area contributed by atoms with Crippen LogP contribution >= 0.6 is 0 Å². The molecule has 0 aliphatic carbocycles. The fraction of sp³-hybridized carbons (Fsp3) is 0.538. The first-order chi connectivity index (χ1) is 8.31. The first-order valence-electron chi connectivity index (χ1n) is 5.95. The lowest BCUT2D eigenvalue weighted by Crippen LogP contribution is -2.33. The minimum atomic E-state index is -4.30. The van der Waals surface area contributed by atoms with E-state index in [1.165, 1.54) is 12.1 Å². The third kappa shape index (κ3) is 3.23. The van der Waals surface area contributed by atoms with Crippen LogP contribution < -0.4 is 11.3 Å². The Morgan fingerprint density at radius 1 is 1.33 bits per heavy atom. The molecule has 0 bridgehead atoms. The van der Waals surface area contributed by atoms with Gasteiger partial charge in [-0.05, 0) is 36.1 Å². The molecule has 3 N–H and O–H groups in total. The van der Waals surface area contributed by atoms with Crippen molar-refractivity contribution in [3.8, 4) is 0 Å². The summed E-state index contributed by atoms with van der Waals surface area (Å²) in [5.41, 5.74) is 3.49. The van der Waals surface area contributed by atoms with Crippen LogP contribution in [0.2, 0.25) is 0 Å². The standard InChI is InChI=1S/C13H19F3N2/c1-4-8(2)12(18-17)11-6-5-10(7-9(11)3)13(14,15)16/h5-8,12,18H,4,17H2,1-3H3. The number of nitrogens with one attached hydrogen (secondary N) is 1. The summed E-state index contributed by atoms with van der Waals surface area (Å²) in [6, 6.07) is 3.66. The molecule has 0 aliphatic rings. The SMILES string of the molecule is CCC(C)C(NN)c1ccc(C(F)(F)F)cc1C. The van der Waals surface area contributed by atoms with Crippen molar-refractivity contribution in [2.24, 2.45) is 11.8 Å². The highest BCUT2D eigenvalue weighted by Gasteiger charge is 2.31. The Kier molecular flexibility index (Phi) is 4.76. The number of hydrogen-bond donors (Lipinski definition) is 2. The first-order valence-corrected chi connectivity index (χ1v) is 5.95. The molecule has 2 atom stereocenters. The Morgan fingerprint density at radius 2 is 1.94 bits per heavy atom. The van der Waals surface area contributed by atoms with Gasteiger partial charge in [-0.1, -0.05) is 26.3 Å². The van der Waals surface area contributed by atoms with Crippen molar-refractivity contribution in [2.45, 2.75) is 39.4 Å². The third-order valence-electron chi connectivity index (χ3n) is 3.32. The van der Waals surface area contributed by atoms with Crippen LogP contribution in [0.5, 0.6) is 0 Å². The molecule has 102 valence electrons. The van der Waals surface area contributed by atoms with E-state index in [9.17, 15) is 13.2 Å². The Hall–Kier alpha value is -1.07. The van der Waals surface area contributed by atoms with Gasteiger partial charge >= 0.3 is 6.18 Å². The maximum absolute atomic E-state index is 12.6. The second kappa shape index (κ2) is 5.71. The highest BCUT2D eigenvalue weighted by Crippen LogP contribution is 2.33. The van der Waals surface area contributed by atoms with E-state index in [0.29, 0.717) is 5.56 Å². The van der Waals surface area contributed by atoms with Crippen molar-refractivity contribution >= 4 is 0 Å². The molecule has 0 spiro atoms. The molecule has 0 radical (unpaired) electrons. The van der Waals surface area contributed by atoms with Gasteiger partial charge in [0.05, 0.1) is 5.56 Å². The molecule has 0 aliphatic heterocycles. The molecule has 0 aromatic heterocycles. The van der Waals surface area contributed by atoms with Gasteiger partial charge in [0.2, 0.25) is 0 Å². The van der Waals surface area contributed by atoms with E-state index in [4.69, 9.17) is 5.84 Å². The summed E-state index contributed by atoms with van der Waals surface area (Å²) in [5, 5.41) is 0. The highest BCUT2D eigenvalue weighted by atomic mass is 19.4. The predicted octanol–water partition coefficient (Wildman–Crippen LogP) is 3.56. The van der Waals surface area contributed by atoms with Crippen molar-refractivity contribution < 1.29 is 13.2 Å². The van der Waals surface area contributed by atoms with Crippen LogP contribution in [0.25, 0.3) is 0 Å². The fourth-order valence-electron chi connectivity index (χ4n) is 2.00. The predicted molar refractivity (Wildman–Crippen MR) is 65.7 cm³/mol. The summed E-state index contributed by atoms with van der Waals surface area (Å²) in [7, 11) is 0. The van der Waals surface area contributed by atoms with Crippen molar-refractivity contribution in [1.29, 1.82) is 0 Å². The molecular formula is C13H19F3N2. The van der Waals surface area contributed by atoms with Crippen LogP contribution in [0.4, 0.5) is 13.2 Å². The summed E-state index contributed by atoms with van der Waals surface area (Å²) in [5.74, 6) is 5.76. The van der Waals surface area contributed by atoms with Crippen LogP contribution in [0.15, 0.2) is 18.2 Å². The largest absolute Gasteiger partial charge is 0.416 e. The number of hydrogen-bond acceptors (Lipinski definition) is 2. The van der Waals surface area contributed by atoms with Crippen molar-refractivity contribution in [3.63, 3.8) is 0 Å². The lowest BCUT2D eigenvalue weighted by molar-refractivity contribution is -0.137. The summed E-state index contributed by atoms with van der Waals surface area (Å²) >= 11 is 0. The molecule has 5 heteroatoms. The minimum Gasteiger partial charge on any atom is -0.271 e. The molecule has 2 nitrogen and oxygen atoms in total. The van der Waals surface area contributed by atoms with Gasteiger partial charge in [0.25, 0.3) is 0 Å². The molecule has 0 fully saturated rings. The summed E-state index contributed by atoms with van der Waals surface area (Å²) in [4.78, 5) is 0. The Balaban J connectivity index is 3.12. The van der Waals surface area contributed by atoms with E-state index >= 15 is 0 Å². The zero-order valence-corrected chi connectivity index (χ0v) is 10.8. The zero-order chi connectivity index (χ0) is 13.9. The summed E-state index contributed by atoms with van der Waals surface area (Å²) < 4.78 is 37.7. The Morgan fingerprint density at radius 3 is 2.33 bits per heavy atom. The maximum Gasteiger partial charge on any atom is 0.416 e. The number of hydrazine groups is 1. The smallest absolute Gasteiger partial charge is 0.271 e. The van der Waals surface area contributed by atoms with Gasteiger partial charge in [-0.25, -0.2) is 0 Å². The van der Waals surface area contributed by atoms with Crippen molar-refractivity contribution in [2.75, 3.05) is 0 Å². The number of benzene rings is 1. The number of nitrogens with two attached hydrogens (primary N) is 1. The Labute approximate surface area is 105 Å². The van der Waals surface area contributed by atoms with Gasteiger partial charge in [0, 0.05) is 6.04 Å². The highest BCUT2D eigenvalue weighted by molar-refractivity contribution is 5.34. The van der Waals surface area contributed by atoms with E-state index in [1.807, 2.05) is 13.8 Å². The molecule has 1 aromatic carbocycles. The number of rotatable bonds is 4. The van der Waals surface area contributed by atoms with Gasteiger partial charge in [-0.2, -0.15) is 13.2 Å². The van der Waals surface area contributed by atoms with E-state index in [-0.39, 0.29) is 12.0 Å².